The van der Waals surface area contributed by atoms with Gasteiger partial charge in [-0.25, -0.2) is 13.2 Å². The van der Waals surface area contributed by atoms with E-state index in [0.29, 0.717) is 17.8 Å². The van der Waals surface area contributed by atoms with Crippen molar-refractivity contribution in [3.63, 3.8) is 0 Å². The van der Waals surface area contributed by atoms with Crippen molar-refractivity contribution in [2.75, 3.05) is 29.0 Å². The summed E-state index contributed by atoms with van der Waals surface area (Å²) in [5.41, 5.74) is 1.20. The number of para-hydroxylation sites is 2. The molecule has 0 fully saturated rings. The number of ether oxygens (including phenoxy) is 1. The van der Waals surface area contributed by atoms with Crippen LogP contribution in [0.15, 0.2) is 54.6 Å². The van der Waals surface area contributed by atoms with Crippen molar-refractivity contribution >= 4 is 33.3 Å². The number of carbonyl (C=O) groups excluding carboxylic acids is 2. The van der Waals surface area contributed by atoms with E-state index in [1.165, 1.54) is 4.31 Å². The molecule has 0 aromatic heterocycles. The molecule has 0 aliphatic carbocycles. The molecule has 0 unspecified atom stereocenters. The molecule has 28 heavy (non-hydrogen) atoms. The number of anilines is 2. The number of nitrogens with zero attached hydrogens (tertiary/aromatic N) is 1. The molecule has 0 radical (unpaired) electrons. The van der Waals surface area contributed by atoms with Crippen LogP contribution in [0.2, 0.25) is 0 Å². The molecule has 8 heteroatoms. The van der Waals surface area contributed by atoms with Gasteiger partial charge in [0.2, 0.25) is 15.9 Å². The van der Waals surface area contributed by atoms with E-state index in [2.05, 4.69) is 5.32 Å². The monoisotopic (exact) mass is 404 g/mol. The summed E-state index contributed by atoms with van der Waals surface area (Å²) in [7, 11) is -3.46. The minimum atomic E-state index is -3.46. The highest BCUT2D eigenvalue weighted by Crippen LogP contribution is 2.19. The molecule has 1 amide bonds. The van der Waals surface area contributed by atoms with Crippen molar-refractivity contribution in [2.24, 2.45) is 0 Å². The Morgan fingerprint density at radius 2 is 1.68 bits per heavy atom. The lowest BCUT2D eigenvalue weighted by Crippen LogP contribution is -2.31. The molecule has 0 spiro atoms. The van der Waals surface area contributed by atoms with Gasteiger partial charge in [-0.05, 0) is 37.6 Å². The maximum atomic E-state index is 12.3. The lowest BCUT2D eigenvalue weighted by Gasteiger charge is -2.22. The fraction of sp³-hybridized carbons (Fsp3) is 0.300. The topological polar surface area (TPSA) is 92.8 Å². The molecule has 0 heterocycles. The molecule has 0 saturated heterocycles. The van der Waals surface area contributed by atoms with E-state index in [-0.39, 0.29) is 31.0 Å². The third-order valence-electron chi connectivity index (χ3n) is 3.91. The lowest BCUT2D eigenvalue weighted by atomic mass is 10.1. The third kappa shape index (κ3) is 6.09. The second-order valence-corrected chi connectivity index (χ2v) is 8.00. The van der Waals surface area contributed by atoms with Gasteiger partial charge in [-0.1, -0.05) is 30.3 Å². The summed E-state index contributed by atoms with van der Waals surface area (Å²) in [6.07, 6.45) is 1.57. The van der Waals surface area contributed by atoms with E-state index < -0.39 is 16.0 Å². The summed E-state index contributed by atoms with van der Waals surface area (Å²) in [6, 6.07) is 15.3. The quantitative estimate of drug-likeness (QED) is 0.649. The van der Waals surface area contributed by atoms with Gasteiger partial charge in [-0.2, -0.15) is 0 Å². The predicted molar refractivity (Wildman–Crippen MR) is 109 cm³/mol. The van der Waals surface area contributed by atoms with E-state index in [4.69, 9.17) is 4.74 Å². The zero-order valence-electron chi connectivity index (χ0n) is 15.9. The zero-order chi connectivity index (χ0) is 20.6. The van der Waals surface area contributed by atoms with Gasteiger partial charge < -0.3 is 10.1 Å². The smallest absolute Gasteiger partial charge is 0.340 e. The zero-order valence-corrected chi connectivity index (χ0v) is 16.7. The number of amides is 1. The first-order chi connectivity index (χ1) is 13.3. The van der Waals surface area contributed by atoms with Crippen LogP contribution in [-0.4, -0.2) is 39.7 Å². The van der Waals surface area contributed by atoms with Crippen molar-refractivity contribution in [3.05, 3.63) is 60.2 Å². The van der Waals surface area contributed by atoms with Crippen molar-refractivity contribution in [1.82, 2.24) is 0 Å². The Kier molecular flexibility index (Phi) is 7.57. The Balaban J connectivity index is 1.98. The molecule has 0 aliphatic rings. The summed E-state index contributed by atoms with van der Waals surface area (Å²) in [5, 5.41) is 2.69. The van der Waals surface area contributed by atoms with Crippen LogP contribution in [-0.2, 0) is 19.6 Å². The van der Waals surface area contributed by atoms with E-state index in [9.17, 15) is 18.0 Å². The number of nitrogens with one attached hydrogen (secondary N) is 1. The number of hydrogen-bond acceptors (Lipinski definition) is 5. The molecule has 0 bridgehead atoms. The number of benzene rings is 2. The Morgan fingerprint density at radius 3 is 2.32 bits per heavy atom. The minimum absolute atomic E-state index is 0.107. The third-order valence-corrected chi connectivity index (χ3v) is 5.10. The van der Waals surface area contributed by atoms with Crippen molar-refractivity contribution in [2.45, 2.75) is 19.8 Å². The molecule has 2 aromatic rings. The van der Waals surface area contributed by atoms with Crippen LogP contribution in [0.1, 0.15) is 30.1 Å². The average Bonchev–Trinajstić information content (AvgIpc) is 2.65. The van der Waals surface area contributed by atoms with Gasteiger partial charge in [0.1, 0.15) is 0 Å². The highest BCUT2D eigenvalue weighted by atomic mass is 32.2. The van der Waals surface area contributed by atoms with Crippen LogP contribution in [0.3, 0.4) is 0 Å². The highest BCUT2D eigenvalue weighted by Gasteiger charge is 2.18. The first-order valence-electron chi connectivity index (χ1n) is 8.91. The van der Waals surface area contributed by atoms with Gasteiger partial charge in [0, 0.05) is 13.0 Å². The van der Waals surface area contributed by atoms with Gasteiger partial charge in [0.05, 0.1) is 29.8 Å². The molecular formula is C20H24N2O5S. The first kappa shape index (κ1) is 21.4. The maximum absolute atomic E-state index is 12.3. The van der Waals surface area contributed by atoms with E-state index in [1.807, 2.05) is 0 Å². The molecule has 2 aromatic carbocycles. The molecule has 0 aliphatic heterocycles. The van der Waals surface area contributed by atoms with Crippen LogP contribution >= 0.6 is 0 Å². The number of esters is 1. The number of hydrogen-bond donors (Lipinski definition) is 1. The summed E-state index contributed by atoms with van der Waals surface area (Å²) in [5.74, 6) is -0.816. The summed E-state index contributed by atoms with van der Waals surface area (Å²) < 4.78 is 30.4. The number of carbonyl (C=O) groups is 2. The Morgan fingerprint density at radius 1 is 1.04 bits per heavy atom. The molecule has 1 N–H and O–H groups in total. The fourth-order valence-corrected chi connectivity index (χ4v) is 3.62. The van der Waals surface area contributed by atoms with Gasteiger partial charge >= 0.3 is 5.97 Å². The van der Waals surface area contributed by atoms with Crippen LogP contribution in [0.5, 0.6) is 0 Å². The molecule has 0 atom stereocenters. The molecule has 2 rings (SSSR count). The molecule has 150 valence electrons. The van der Waals surface area contributed by atoms with Crippen molar-refractivity contribution < 1.29 is 22.7 Å². The fourth-order valence-electron chi connectivity index (χ4n) is 2.66. The van der Waals surface area contributed by atoms with E-state index in [0.717, 1.165) is 6.26 Å². The first-order valence-corrected chi connectivity index (χ1v) is 10.8. The minimum Gasteiger partial charge on any atom is -0.462 e. The SMILES string of the molecule is CCOC(=O)c1ccccc1NC(=O)CCCN(c1ccccc1)S(C)(=O)=O. The molecular weight excluding hydrogens is 380 g/mol. The summed E-state index contributed by atoms with van der Waals surface area (Å²) >= 11 is 0. The maximum Gasteiger partial charge on any atom is 0.340 e. The van der Waals surface area contributed by atoms with Gasteiger partial charge in [0.15, 0.2) is 0 Å². The highest BCUT2D eigenvalue weighted by molar-refractivity contribution is 7.92. The normalized spacial score (nSPS) is 10.9. The van der Waals surface area contributed by atoms with Crippen LogP contribution < -0.4 is 9.62 Å². The second-order valence-electron chi connectivity index (χ2n) is 6.09. The number of sulfonamides is 1. The second kappa shape index (κ2) is 9.89. The van der Waals surface area contributed by atoms with Crippen LogP contribution in [0, 0.1) is 0 Å². The predicted octanol–water partition coefficient (Wildman–Crippen LogP) is 3.05. The van der Waals surface area contributed by atoms with Gasteiger partial charge in [0.25, 0.3) is 0 Å². The molecule has 7 nitrogen and oxygen atoms in total. The van der Waals surface area contributed by atoms with Crippen LogP contribution in [0.25, 0.3) is 0 Å². The largest absolute Gasteiger partial charge is 0.462 e. The van der Waals surface area contributed by atoms with Crippen molar-refractivity contribution in [1.29, 1.82) is 0 Å². The van der Waals surface area contributed by atoms with E-state index >= 15 is 0 Å². The Labute approximate surface area is 165 Å². The summed E-state index contributed by atoms with van der Waals surface area (Å²) in [4.78, 5) is 24.3. The number of rotatable bonds is 9. The lowest BCUT2D eigenvalue weighted by molar-refractivity contribution is -0.116. The Hall–Kier alpha value is -2.87. The molecule has 0 saturated carbocycles. The van der Waals surface area contributed by atoms with Gasteiger partial charge in [-0.15, -0.1) is 0 Å². The summed E-state index contributed by atoms with van der Waals surface area (Å²) in [6.45, 7) is 2.12. The van der Waals surface area contributed by atoms with E-state index in [1.54, 1.807) is 61.5 Å². The van der Waals surface area contributed by atoms with Crippen LogP contribution in [0.4, 0.5) is 11.4 Å². The Bertz CT molecular complexity index is 913. The standard InChI is InChI=1S/C20H24N2O5S/c1-3-27-20(24)17-12-7-8-13-18(17)21-19(23)14-9-15-22(28(2,25)26)16-10-5-4-6-11-16/h4-8,10-13H,3,9,14-15H2,1-2H3,(H,21,23). The van der Waals surface area contributed by atoms with Gasteiger partial charge in [-0.3, -0.25) is 9.10 Å². The van der Waals surface area contributed by atoms with Crippen molar-refractivity contribution in [3.8, 4) is 0 Å². The average molecular weight is 404 g/mol.